The van der Waals surface area contributed by atoms with E-state index in [1.54, 1.807) is 0 Å². The molecule has 3 nitrogen and oxygen atoms in total. The molecule has 3 rings (SSSR count). The number of likely N-dealkylation sites (tertiary alicyclic amines) is 1. The van der Waals surface area contributed by atoms with Gasteiger partial charge in [-0.3, -0.25) is 4.79 Å². The zero-order valence-electron chi connectivity index (χ0n) is 11.8. The number of amides is 1. The van der Waals surface area contributed by atoms with Crippen molar-refractivity contribution in [1.82, 2.24) is 10.2 Å². The lowest BCUT2D eigenvalue weighted by atomic mass is 9.87. The first kappa shape index (κ1) is 13.2. The summed E-state index contributed by atoms with van der Waals surface area (Å²) in [6, 6.07) is 0.731. The molecule has 2 atom stereocenters. The van der Waals surface area contributed by atoms with E-state index in [1.165, 1.54) is 32.2 Å². The van der Waals surface area contributed by atoms with Gasteiger partial charge >= 0.3 is 0 Å². The SMILES string of the molecule is O=C(C1CC=CCC1)N1CCC(C2CCCN2)CC1. The van der Waals surface area contributed by atoms with E-state index in [0.29, 0.717) is 5.91 Å². The summed E-state index contributed by atoms with van der Waals surface area (Å²) in [7, 11) is 0. The second-order valence-electron chi connectivity index (χ2n) is 6.35. The maximum atomic E-state index is 12.5. The molecule has 2 saturated heterocycles. The van der Waals surface area contributed by atoms with E-state index >= 15 is 0 Å². The Morgan fingerprint density at radius 2 is 1.95 bits per heavy atom. The summed E-state index contributed by atoms with van der Waals surface area (Å²) >= 11 is 0. The Kier molecular flexibility index (Phi) is 4.21. The van der Waals surface area contributed by atoms with Gasteiger partial charge in [0.2, 0.25) is 5.91 Å². The lowest BCUT2D eigenvalue weighted by Crippen LogP contribution is -2.45. The van der Waals surface area contributed by atoms with Crippen molar-refractivity contribution in [2.45, 2.75) is 51.0 Å². The maximum Gasteiger partial charge on any atom is 0.226 e. The Balaban J connectivity index is 1.49. The summed E-state index contributed by atoms with van der Waals surface area (Å²) in [6.45, 7) is 3.17. The molecule has 106 valence electrons. The highest BCUT2D eigenvalue weighted by Crippen LogP contribution is 2.28. The standard InChI is InChI=1S/C16H26N2O/c19-16(14-5-2-1-3-6-14)18-11-8-13(9-12-18)15-7-4-10-17-15/h1-2,13-15,17H,3-12H2. The Morgan fingerprint density at radius 1 is 1.11 bits per heavy atom. The molecule has 3 aliphatic rings. The van der Waals surface area contributed by atoms with Crippen LogP contribution in [0.15, 0.2) is 12.2 Å². The van der Waals surface area contributed by atoms with Crippen molar-refractivity contribution in [3.63, 3.8) is 0 Å². The average Bonchev–Trinajstić information content (AvgIpc) is 3.02. The van der Waals surface area contributed by atoms with Gasteiger partial charge < -0.3 is 10.2 Å². The van der Waals surface area contributed by atoms with Gasteiger partial charge in [0.25, 0.3) is 0 Å². The average molecular weight is 262 g/mol. The van der Waals surface area contributed by atoms with Gasteiger partial charge in [-0.1, -0.05) is 12.2 Å². The van der Waals surface area contributed by atoms with E-state index < -0.39 is 0 Å². The van der Waals surface area contributed by atoms with Crippen LogP contribution >= 0.6 is 0 Å². The smallest absolute Gasteiger partial charge is 0.226 e. The minimum absolute atomic E-state index is 0.270. The van der Waals surface area contributed by atoms with Crippen molar-refractivity contribution < 1.29 is 4.79 Å². The first-order chi connectivity index (χ1) is 9.34. The van der Waals surface area contributed by atoms with Crippen molar-refractivity contribution in [3.05, 3.63) is 12.2 Å². The van der Waals surface area contributed by atoms with Crippen molar-refractivity contribution in [1.29, 1.82) is 0 Å². The van der Waals surface area contributed by atoms with E-state index in [-0.39, 0.29) is 5.92 Å². The van der Waals surface area contributed by atoms with Crippen molar-refractivity contribution >= 4 is 5.91 Å². The molecule has 2 unspecified atom stereocenters. The maximum absolute atomic E-state index is 12.5. The minimum atomic E-state index is 0.270. The highest BCUT2D eigenvalue weighted by Gasteiger charge is 2.32. The Hall–Kier alpha value is -0.830. The van der Waals surface area contributed by atoms with E-state index in [2.05, 4.69) is 22.4 Å². The first-order valence-corrected chi connectivity index (χ1v) is 8.02. The Bertz CT molecular complexity index is 339. The predicted octanol–water partition coefficient (Wildman–Crippen LogP) is 2.33. The van der Waals surface area contributed by atoms with Crippen LogP contribution in [0.5, 0.6) is 0 Å². The molecule has 0 spiro atoms. The Labute approximate surface area is 116 Å². The van der Waals surface area contributed by atoms with E-state index in [4.69, 9.17) is 0 Å². The molecular weight excluding hydrogens is 236 g/mol. The van der Waals surface area contributed by atoms with Gasteiger partial charge in [-0.05, 0) is 57.4 Å². The summed E-state index contributed by atoms with van der Waals surface area (Å²) in [5, 5.41) is 3.62. The van der Waals surface area contributed by atoms with Crippen LogP contribution in [-0.2, 0) is 4.79 Å². The number of rotatable bonds is 2. The van der Waals surface area contributed by atoms with E-state index in [9.17, 15) is 4.79 Å². The summed E-state index contributed by atoms with van der Waals surface area (Å²) in [5.74, 6) is 1.49. The number of nitrogens with one attached hydrogen (secondary N) is 1. The molecule has 2 aliphatic heterocycles. The molecule has 0 saturated carbocycles. The fourth-order valence-corrected chi connectivity index (χ4v) is 3.91. The van der Waals surface area contributed by atoms with Crippen molar-refractivity contribution in [3.8, 4) is 0 Å². The topological polar surface area (TPSA) is 32.3 Å². The first-order valence-electron chi connectivity index (χ1n) is 8.02. The predicted molar refractivity (Wildman–Crippen MR) is 76.8 cm³/mol. The molecule has 0 bridgehead atoms. The molecular formula is C16H26N2O. The third-order valence-electron chi connectivity index (χ3n) is 5.14. The zero-order chi connectivity index (χ0) is 13.1. The Morgan fingerprint density at radius 3 is 2.58 bits per heavy atom. The van der Waals surface area contributed by atoms with Crippen LogP contribution < -0.4 is 5.32 Å². The van der Waals surface area contributed by atoms with Crippen LogP contribution in [0.4, 0.5) is 0 Å². The van der Waals surface area contributed by atoms with Crippen LogP contribution in [0.1, 0.15) is 44.9 Å². The summed E-state index contributed by atoms with van der Waals surface area (Å²) in [4.78, 5) is 14.6. The van der Waals surface area contributed by atoms with Gasteiger partial charge in [0.15, 0.2) is 0 Å². The monoisotopic (exact) mass is 262 g/mol. The van der Waals surface area contributed by atoms with E-state index in [1.807, 2.05) is 0 Å². The van der Waals surface area contributed by atoms with Gasteiger partial charge in [0.05, 0.1) is 0 Å². The quantitative estimate of drug-likeness (QED) is 0.775. The van der Waals surface area contributed by atoms with Crippen LogP contribution in [0, 0.1) is 11.8 Å². The van der Waals surface area contributed by atoms with Gasteiger partial charge in [-0.15, -0.1) is 0 Å². The number of nitrogens with zero attached hydrogens (tertiary/aromatic N) is 1. The largest absolute Gasteiger partial charge is 0.342 e. The lowest BCUT2D eigenvalue weighted by Gasteiger charge is -2.36. The van der Waals surface area contributed by atoms with Gasteiger partial charge in [0, 0.05) is 25.0 Å². The molecule has 2 heterocycles. The molecule has 1 amide bonds. The molecule has 0 radical (unpaired) electrons. The highest BCUT2D eigenvalue weighted by atomic mass is 16.2. The number of hydrogen-bond acceptors (Lipinski definition) is 2. The van der Waals surface area contributed by atoms with Crippen LogP contribution in [0.25, 0.3) is 0 Å². The minimum Gasteiger partial charge on any atom is -0.342 e. The molecule has 1 N–H and O–H groups in total. The molecule has 0 aromatic heterocycles. The van der Waals surface area contributed by atoms with Crippen LogP contribution in [-0.4, -0.2) is 36.5 Å². The fourth-order valence-electron chi connectivity index (χ4n) is 3.91. The molecule has 0 aromatic carbocycles. The van der Waals surface area contributed by atoms with E-state index in [0.717, 1.165) is 44.3 Å². The zero-order valence-corrected chi connectivity index (χ0v) is 11.8. The summed E-state index contributed by atoms with van der Waals surface area (Å²) in [5.41, 5.74) is 0. The number of allylic oxidation sites excluding steroid dienone is 2. The highest BCUT2D eigenvalue weighted by molar-refractivity contribution is 5.79. The van der Waals surface area contributed by atoms with Gasteiger partial charge in [0.1, 0.15) is 0 Å². The lowest BCUT2D eigenvalue weighted by molar-refractivity contribution is -0.137. The fraction of sp³-hybridized carbons (Fsp3) is 0.812. The molecule has 0 aromatic rings. The number of carbonyl (C=O) groups is 1. The second-order valence-corrected chi connectivity index (χ2v) is 6.35. The molecule has 1 aliphatic carbocycles. The van der Waals surface area contributed by atoms with Gasteiger partial charge in [-0.2, -0.15) is 0 Å². The number of piperidine rings is 1. The van der Waals surface area contributed by atoms with Crippen LogP contribution in [0.2, 0.25) is 0 Å². The molecule has 2 fully saturated rings. The number of hydrogen-bond donors (Lipinski definition) is 1. The molecule has 19 heavy (non-hydrogen) atoms. The van der Waals surface area contributed by atoms with Gasteiger partial charge in [-0.25, -0.2) is 0 Å². The third-order valence-corrected chi connectivity index (χ3v) is 5.14. The summed E-state index contributed by atoms with van der Waals surface area (Å²) in [6.07, 6.45) is 12.6. The normalized spacial score (nSPS) is 32.7. The van der Waals surface area contributed by atoms with Crippen LogP contribution in [0.3, 0.4) is 0 Å². The second kappa shape index (κ2) is 6.08. The van der Waals surface area contributed by atoms with Crippen molar-refractivity contribution in [2.24, 2.45) is 11.8 Å². The van der Waals surface area contributed by atoms with Crippen molar-refractivity contribution in [2.75, 3.05) is 19.6 Å². The number of carbonyl (C=O) groups excluding carboxylic acids is 1. The third kappa shape index (κ3) is 3.02. The molecule has 3 heteroatoms. The summed E-state index contributed by atoms with van der Waals surface area (Å²) < 4.78 is 0.